The Bertz CT molecular complexity index is 864. The van der Waals surface area contributed by atoms with Gasteiger partial charge in [-0.2, -0.15) is 0 Å². The lowest BCUT2D eigenvalue weighted by molar-refractivity contribution is -0.143. The fourth-order valence-electron chi connectivity index (χ4n) is 3.07. The first-order valence-electron chi connectivity index (χ1n) is 13.0. The second kappa shape index (κ2) is 19.3. The topological polar surface area (TPSA) is 172 Å². The van der Waals surface area contributed by atoms with Crippen molar-refractivity contribution in [2.24, 2.45) is 5.73 Å². The zero-order valence-electron chi connectivity index (χ0n) is 23.5. The Labute approximate surface area is 230 Å². The van der Waals surface area contributed by atoms with Crippen LogP contribution in [0.4, 0.5) is 10.6 Å². The van der Waals surface area contributed by atoms with E-state index >= 15 is 0 Å². The van der Waals surface area contributed by atoms with Crippen molar-refractivity contribution in [3.63, 3.8) is 0 Å². The molecule has 1 aromatic heterocycles. The molecule has 0 aliphatic rings. The molecule has 0 saturated heterocycles. The van der Waals surface area contributed by atoms with Crippen molar-refractivity contribution < 1.29 is 43.2 Å². The number of carboxylic acids is 1. The van der Waals surface area contributed by atoms with Gasteiger partial charge in [-0.1, -0.05) is 0 Å². The van der Waals surface area contributed by atoms with Gasteiger partial charge in [0.15, 0.2) is 6.04 Å². The van der Waals surface area contributed by atoms with Gasteiger partial charge >= 0.3 is 12.1 Å². The summed E-state index contributed by atoms with van der Waals surface area (Å²) < 4.78 is 26.7. The first kappa shape index (κ1) is 34.2. The normalized spacial score (nSPS) is 12.1. The summed E-state index contributed by atoms with van der Waals surface area (Å²) >= 11 is 0. The molecule has 2 amide bonds. The largest absolute Gasteiger partial charge is 0.480 e. The number of carbonyl (C=O) groups excluding carboxylic acids is 2. The Kier molecular flexibility index (Phi) is 16.9. The highest BCUT2D eigenvalue weighted by Crippen LogP contribution is 2.18. The second-order valence-corrected chi connectivity index (χ2v) is 9.59. The summed E-state index contributed by atoms with van der Waals surface area (Å²) in [5, 5.41) is 11.9. The summed E-state index contributed by atoms with van der Waals surface area (Å²) in [6.07, 6.45) is 1.27. The zero-order valence-corrected chi connectivity index (χ0v) is 23.5. The highest BCUT2D eigenvalue weighted by Gasteiger charge is 2.25. The number of pyridine rings is 1. The smallest absolute Gasteiger partial charge is 0.416 e. The number of aliphatic carboxylic acids is 1. The lowest BCUT2D eigenvalue weighted by Crippen LogP contribution is -2.44. The monoisotopic (exact) mass is 556 g/mol. The molecule has 0 bridgehead atoms. The van der Waals surface area contributed by atoms with Crippen LogP contribution in [0.5, 0.6) is 0 Å². The van der Waals surface area contributed by atoms with Gasteiger partial charge in [0.2, 0.25) is 5.91 Å². The number of carboxylic acid groups (broad SMARTS) is 1. The number of nitrogens with two attached hydrogens (primary N) is 1. The molecule has 0 aliphatic carbocycles. The van der Waals surface area contributed by atoms with E-state index in [9.17, 15) is 19.5 Å². The number of aryl methyl sites for hydroxylation is 1. The van der Waals surface area contributed by atoms with Crippen LogP contribution in [-0.4, -0.2) is 106 Å². The maximum atomic E-state index is 12.7. The lowest BCUT2D eigenvalue weighted by atomic mass is 10.2. The molecule has 0 aliphatic heterocycles. The number of carbonyl (C=O) groups is 3. The van der Waals surface area contributed by atoms with Crippen LogP contribution in [0.3, 0.4) is 0 Å². The summed E-state index contributed by atoms with van der Waals surface area (Å²) in [5.41, 5.74) is 5.53. The first-order chi connectivity index (χ1) is 18.5. The van der Waals surface area contributed by atoms with Gasteiger partial charge in [0.1, 0.15) is 11.4 Å². The van der Waals surface area contributed by atoms with Gasteiger partial charge < -0.3 is 39.8 Å². The molecule has 1 heterocycles. The first-order valence-corrected chi connectivity index (χ1v) is 13.0. The van der Waals surface area contributed by atoms with Crippen molar-refractivity contribution in [2.45, 2.75) is 52.2 Å². The summed E-state index contributed by atoms with van der Waals surface area (Å²) in [7, 11) is 0. The Hall–Kier alpha value is -2.84. The van der Waals surface area contributed by atoms with Crippen LogP contribution in [-0.2, 0) is 33.3 Å². The Morgan fingerprint density at radius 1 is 1.03 bits per heavy atom. The third-order valence-corrected chi connectivity index (χ3v) is 4.87. The van der Waals surface area contributed by atoms with E-state index in [1.807, 2.05) is 13.0 Å². The molecule has 0 saturated carbocycles. The van der Waals surface area contributed by atoms with Crippen molar-refractivity contribution in [1.29, 1.82) is 0 Å². The van der Waals surface area contributed by atoms with Crippen LogP contribution >= 0.6 is 0 Å². The molecule has 39 heavy (non-hydrogen) atoms. The third-order valence-electron chi connectivity index (χ3n) is 4.87. The second-order valence-electron chi connectivity index (χ2n) is 9.59. The van der Waals surface area contributed by atoms with Crippen LogP contribution in [0.15, 0.2) is 18.3 Å². The van der Waals surface area contributed by atoms with E-state index in [-0.39, 0.29) is 39.2 Å². The van der Waals surface area contributed by atoms with Crippen molar-refractivity contribution in [3.8, 4) is 0 Å². The molecule has 0 radical (unpaired) electrons. The lowest BCUT2D eigenvalue weighted by Gasteiger charge is -2.27. The molecular weight excluding hydrogens is 512 g/mol. The fourth-order valence-corrected chi connectivity index (χ4v) is 3.07. The van der Waals surface area contributed by atoms with E-state index in [1.54, 1.807) is 33.0 Å². The predicted molar refractivity (Wildman–Crippen MR) is 144 cm³/mol. The number of rotatable bonds is 20. The van der Waals surface area contributed by atoms with Crippen molar-refractivity contribution in [3.05, 3.63) is 23.9 Å². The Balaban J connectivity index is 2.38. The fraction of sp³-hybridized carbons (Fsp3) is 0.692. The molecule has 1 rings (SSSR count). The van der Waals surface area contributed by atoms with Crippen LogP contribution in [0.25, 0.3) is 0 Å². The molecule has 13 heteroatoms. The summed E-state index contributed by atoms with van der Waals surface area (Å²) in [4.78, 5) is 42.3. The van der Waals surface area contributed by atoms with Gasteiger partial charge in [-0.25, -0.2) is 14.6 Å². The van der Waals surface area contributed by atoms with Crippen molar-refractivity contribution in [2.75, 3.05) is 70.8 Å². The van der Waals surface area contributed by atoms with E-state index in [0.29, 0.717) is 45.4 Å². The number of anilines is 1. The third kappa shape index (κ3) is 16.7. The van der Waals surface area contributed by atoms with Gasteiger partial charge in [-0.15, -0.1) is 0 Å². The van der Waals surface area contributed by atoms with Crippen molar-refractivity contribution >= 4 is 23.8 Å². The predicted octanol–water partition coefficient (Wildman–Crippen LogP) is 1.51. The number of nitrogens with one attached hydrogen (secondary N) is 1. The van der Waals surface area contributed by atoms with Gasteiger partial charge in [0.05, 0.1) is 52.9 Å². The minimum atomic E-state index is -1.21. The average Bonchev–Trinajstić information content (AvgIpc) is 2.85. The maximum absolute atomic E-state index is 12.7. The molecule has 222 valence electrons. The van der Waals surface area contributed by atoms with Crippen LogP contribution < -0.4 is 16.0 Å². The van der Waals surface area contributed by atoms with E-state index < -0.39 is 29.6 Å². The van der Waals surface area contributed by atoms with Gasteiger partial charge in [-0.05, 0) is 51.8 Å². The van der Waals surface area contributed by atoms with Gasteiger partial charge in [0.25, 0.3) is 0 Å². The van der Waals surface area contributed by atoms with Gasteiger partial charge in [-0.3, -0.25) is 9.69 Å². The van der Waals surface area contributed by atoms with Gasteiger partial charge in [0, 0.05) is 25.7 Å². The summed E-state index contributed by atoms with van der Waals surface area (Å²) in [6.45, 7) is 10.2. The van der Waals surface area contributed by atoms with Crippen molar-refractivity contribution in [1.82, 2.24) is 10.3 Å². The molecule has 0 spiro atoms. The number of nitrogens with zero attached hydrogens (tertiary/aromatic N) is 2. The highest BCUT2D eigenvalue weighted by atomic mass is 16.6. The standard InChI is InChI=1S/C26H44N4O9/c1-20-7-9-28-22(18-20)30(25(34)39-26(2,3)4)10-5-6-23(31)29-21(24(32)33)19-38-17-16-37-15-14-36-13-12-35-11-8-27/h7,9,18,21H,5-6,8,10-17,19,27H2,1-4H3,(H,29,31)(H,32,33). The highest BCUT2D eigenvalue weighted by molar-refractivity contribution is 5.87. The number of hydrogen-bond acceptors (Lipinski definition) is 10. The van der Waals surface area contributed by atoms with E-state index in [4.69, 9.17) is 29.4 Å². The maximum Gasteiger partial charge on any atom is 0.416 e. The SMILES string of the molecule is Cc1ccnc(N(CCCC(=O)NC(COCCOCCOCCOCCN)C(=O)O)C(=O)OC(C)(C)C)c1. The van der Waals surface area contributed by atoms with E-state index in [1.165, 1.54) is 4.90 Å². The van der Waals surface area contributed by atoms with Crippen LogP contribution in [0.2, 0.25) is 0 Å². The summed E-state index contributed by atoms with van der Waals surface area (Å²) in [6, 6.07) is 2.34. The number of amides is 2. The average molecular weight is 557 g/mol. The number of ether oxygens (including phenoxy) is 5. The van der Waals surface area contributed by atoms with Crippen LogP contribution in [0.1, 0.15) is 39.2 Å². The summed E-state index contributed by atoms with van der Waals surface area (Å²) in [5.74, 6) is -1.28. The molecule has 1 atom stereocenters. The van der Waals surface area contributed by atoms with E-state index in [0.717, 1.165) is 5.56 Å². The van der Waals surface area contributed by atoms with Crippen LogP contribution in [0, 0.1) is 6.92 Å². The molecule has 0 aromatic carbocycles. The Morgan fingerprint density at radius 3 is 2.15 bits per heavy atom. The molecule has 1 unspecified atom stereocenters. The number of hydrogen-bond donors (Lipinski definition) is 3. The number of aromatic nitrogens is 1. The van der Waals surface area contributed by atoms with E-state index in [2.05, 4.69) is 10.3 Å². The minimum absolute atomic E-state index is 0.00470. The quantitative estimate of drug-likeness (QED) is 0.199. The molecular formula is C26H44N4O9. The minimum Gasteiger partial charge on any atom is -0.480 e. The molecule has 1 aromatic rings. The Morgan fingerprint density at radius 2 is 1.62 bits per heavy atom. The zero-order chi connectivity index (χ0) is 29.1. The molecule has 13 nitrogen and oxygen atoms in total. The molecule has 0 fully saturated rings. The molecule has 4 N–H and O–H groups in total.